The predicted molar refractivity (Wildman–Crippen MR) is 69.2 cm³/mol. The summed E-state index contributed by atoms with van der Waals surface area (Å²) in [6.07, 6.45) is 2.13. The highest BCUT2D eigenvalue weighted by molar-refractivity contribution is 5.91. The van der Waals surface area contributed by atoms with Crippen LogP contribution in [0, 0.1) is 5.92 Å². The second-order valence-corrected chi connectivity index (χ2v) is 4.98. The normalized spacial score (nSPS) is 22.2. The molecule has 1 saturated carbocycles. The number of aromatic nitrogens is 2. The molecule has 1 fully saturated rings. The molecule has 1 amide bonds. The molecule has 2 rings (SSSR count). The van der Waals surface area contributed by atoms with Gasteiger partial charge in [0.05, 0.1) is 0 Å². The Labute approximate surface area is 107 Å². The molecule has 1 aromatic heterocycles. The number of hydrogen-bond acceptors (Lipinski definition) is 5. The van der Waals surface area contributed by atoms with Crippen LogP contribution in [0.1, 0.15) is 23.3 Å². The van der Waals surface area contributed by atoms with Crippen molar-refractivity contribution in [3.8, 4) is 0 Å². The zero-order chi connectivity index (χ0) is 13.1. The minimum absolute atomic E-state index is 0.140. The molecule has 0 spiro atoms. The number of nitrogens with one attached hydrogen (secondary N) is 1. The Hall–Kier alpha value is -1.69. The summed E-state index contributed by atoms with van der Waals surface area (Å²) in [5, 5.41) is 11.1. The highest BCUT2D eigenvalue weighted by Gasteiger charge is 2.25. The molecule has 6 heteroatoms. The molecule has 0 unspecified atom stereocenters. The molecule has 0 saturated heterocycles. The van der Waals surface area contributed by atoms with Gasteiger partial charge in [-0.15, -0.1) is 10.2 Å². The van der Waals surface area contributed by atoms with E-state index in [1.807, 2.05) is 0 Å². The summed E-state index contributed by atoms with van der Waals surface area (Å²) in [4.78, 5) is 13.1. The summed E-state index contributed by atoms with van der Waals surface area (Å²) in [6, 6.07) is 3.83. The standard InChI is InChI=1S/C12H19N5O/c1-17(2)12(18)10-3-4-11(16-15-10)14-7-8-5-9(13)6-8/h3-4,8-9H,5-7,13H2,1-2H3,(H,14,16). The molecule has 1 aromatic rings. The summed E-state index contributed by atoms with van der Waals surface area (Å²) in [5.41, 5.74) is 6.08. The van der Waals surface area contributed by atoms with Crippen molar-refractivity contribution in [2.24, 2.45) is 11.7 Å². The number of carbonyl (C=O) groups is 1. The fourth-order valence-electron chi connectivity index (χ4n) is 1.97. The zero-order valence-corrected chi connectivity index (χ0v) is 10.8. The molecule has 0 aliphatic heterocycles. The Morgan fingerprint density at radius 1 is 1.44 bits per heavy atom. The van der Waals surface area contributed by atoms with Crippen LogP contribution < -0.4 is 11.1 Å². The fraction of sp³-hybridized carbons (Fsp3) is 0.583. The number of hydrogen-bond donors (Lipinski definition) is 2. The Kier molecular flexibility index (Phi) is 3.76. The van der Waals surface area contributed by atoms with Crippen molar-refractivity contribution < 1.29 is 4.79 Å². The molecule has 1 heterocycles. The van der Waals surface area contributed by atoms with Crippen molar-refractivity contribution in [1.82, 2.24) is 15.1 Å². The summed E-state index contributed by atoms with van der Waals surface area (Å²) in [5.74, 6) is 1.19. The lowest BCUT2D eigenvalue weighted by Crippen LogP contribution is -2.39. The lowest BCUT2D eigenvalue weighted by atomic mass is 9.81. The highest BCUT2D eigenvalue weighted by atomic mass is 16.2. The van der Waals surface area contributed by atoms with Crippen LogP contribution in [0.5, 0.6) is 0 Å². The van der Waals surface area contributed by atoms with Crippen LogP contribution in [0.3, 0.4) is 0 Å². The summed E-state index contributed by atoms with van der Waals surface area (Å²) in [7, 11) is 3.38. The van der Waals surface area contributed by atoms with Crippen LogP contribution in [0.2, 0.25) is 0 Å². The van der Waals surface area contributed by atoms with E-state index < -0.39 is 0 Å². The fourth-order valence-corrected chi connectivity index (χ4v) is 1.97. The second kappa shape index (κ2) is 5.30. The first-order valence-electron chi connectivity index (χ1n) is 6.11. The molecule has 0 bridgehead atoms. The predicted octanol–water partition coefficient (Wildman–Crippen LogP) is 0.328. The second-order valence-electron chi connectivity index (χ2n) is 4.98. The minimum atomic E-state index is -0.140. The third kappa shape index (κ3) is 2.95. The van der Waals surface area contributed by atoms with Crippen LogP contribution in [0.25, 0.3) is 0 Å². The van der Waals surface area contributed by atoms with Crippen molar-refractivity contribution in [2.75, 3.05) is 26.0 Å². The Morgan fingerprint density at radius 2 is 2.17 bits per heavy atom. The van der Waals surface area contributed by atoms with Crippen molar-refractivity contribution in [3.05, 3.63) is 17.8 Å². The van der Waals surface area contributed by atoms with Crippen molar-refractivity contribution >= 4 is 11.7 Å². The maximum atomic E-state index is 11.6. The molecule has 3 N–H and O–H groups in total. The number of carbonyl (C=O) groups excluding carboxylic acids is 1. The van der Waals surface area contributed by atoms with E-state index >= 15 is 0 Å². The van der Waals surface area contributed by atoms with Gasteiger partial charge < -0.3 is 16.0 Å². The van der Waals surface area contributed by atoms with E-state index in [0.29, 0.717) is 23.5 Å². The summed E-state index contributed by atoms with van der Waals surface area (Å²) < 4.78 is 0. The zero-order valence-electron chi connectivity index (χ0n) is 10.8. The molecular formula is C12H19N5O. The van der Waals surface area contributed by atoms with Crippen molar-refractivity contribution in [1.29, 1.82) is 0 Å². The number of anilines is 1. The van der Waals surface area contributed by atoms with Gasteiger partial charge in [0, 0.05) is 26.7 Å². The van der Waals surface area contributed by atoms with Crippen LogP contribution in [0.4, 0.5) is 5.82 Å². The number of nitrogens with zero attached hydrogens (tertiary/aromatic N) is 3. The Morgan fingerprint density at radius 3 is 2.67 bits per heavy atom. The third-order valence-electron chi connectivity index (χ3n) is 3.13. The van der Waals surface area contributed by atoms with Gasteiger partial charge in [-0.1, -0.05) is 0 Å². The smallest absolute Gasteiger partial charge is 0.273 e. The molecular weight excluding hydrogens is 230 g/mol. The number of amides is 1. The monoisotopic (exact) mass is 249 g/mol. The maximum absolute atomic E-state index is 11.6. The molecule has 18 heavy (non-hydrogen) atoms. The van der Waals surface area contributed by atoms with Crippen molar-refractivity contribution in [2.45, 2.75) is 18.9 Å². The third-order valence-corrected chi connectivity index (χ3v) is 3.13. The van der Waals surface area contributed by atoms with Crippen LogP contribution in [-0.2, 0) is 0 Å². The van der Waals surface area contributed by atoms with E-state index in [9.17, 15) is 4.79 Å². The molecule has 6 nitrogen and oxygen atoms in total. The Bertz CT molecular complexity index is 411. The van der Waals surface area contributed by atoms with Gasteiger partial charge in [0.2, 0.25) is 0 Å². The molecule has 98 valence electrons. The van der Waals surface area contributed by atoms with Gasteiger partial charge in [0.1, 0.15) is 5.82 Å². The lowest BCUT2D eigenvalue weighted by molar-refractivity contribution is 0.0821. The van der Waals surface area contributed by atoms with E-state index in [1.165, 1.54) is 4.90 Å². The van der Waals surface area contributed by atoms with Gasteiger partial charge in [-0.25, -0.2) is 0 Å². The molecule has 1 aliphatic rings. The number of rotatable bonds is 4. The summed E-state index contributed by atoms with van der Waals surface area (Å²) >= 11 is 0. The van der Waals surface area contributed by atoms with Gasteiger partial charge in [0.25, 0.3) is 5.91 Å². The molecule has 0 aromatic carbocycles. The maximum Gasteiger partial charge on any atom is 0.273 e. The van der Waals surface area contributed by atoms with Gasteiger partial charge in [-0.05, 0) is 30.9 Å². The molecule has 0 radical (unpaired) electrons. The van der Waals surface area contributed by atoms with E-state index in [1.54, 1.807) is 26.2 Å². The average Bonchev–Trinajstić information content (AvgIpc) is 2.33. The first kappa shape index (κ1) is 12.8. The lowest BCUT2D eigenvalue weighted by Gasteiger charge is -2.32. The van der Waals surface area contributed by atoms with Crippen LogP contribution >= 0.6 is 0 Å². The highest BCUT2D eigenvalue weighted by Crippen LogP contribution is 2.25. The first-order valence-corrected chi connectivity index (χ1v) is 6.11. The average molecular weight is 249 g/mol. The molecule has 1 aliphatic carbocycles. The topological polar surface area (TPSA) is 84.1 Å². The van der Waals surface area contributed by atoms with Gasteiger partial charge in [-0.2, -0.15) is 0 Å². The SMILES string of the molecule is CN(C)C(=O)c1ccc(NCC2CC(N)C2)nn1. The first-order chi connectivity index (χ1) is 8.56. The van der Waals surface area contributed by atoms with E-state index in [2.05, 4.69) is 15.5 Å². The van der Waals surface area contributed by atoms with Gasteiger partial charge in [-0.3, -0.25) is 4.79 Å². The van der Waals surface area contributed by atoms with E-state index in [4.69, 9.17) is 5.73 Å². The number of nitrogens with two attached hydrogens (primary N) is 1. The molecule has 0 atom stereocenters. The van der Waals surface area contributed by atoms with E-state index in [0.717, 1.165) is 19.4 Å². The van der Waals surface area contributed by atoms with Gasteiger partial charge in [0.15, 0.2) is 5.69 Å². The van der Waals surface area contributed by atoms with Crippen LogP contribution in [-0.4, -0.2) is 47.7 Å². The van der Waals surface area contributed by atoms with E-state index in [-0.39, 0.29) is 5.91 Å². The van der Waals surface area contributed by atoms with Crippen LogP contribution in [0.15, 0.2) is 12.1 Å². The Balaban J connectivity index is 1.85. The summed E-state index contributed by atoms with van der Waals surface area (Å²) in [6.45, 7) is 0.864. The quantitative estimate of drug-likeness (QED) is 0.803. The largest absolute Gasteiger partial charge is 0.368 e. The minimum Gasteiger partial charge on any atom is -0.368 e. The van der Waals surface area contributed by atoms with Crippen molar-refractivity contribution in [3.63, 3.8) is 0 Å². The van der Waals surface area contributed by atoms with Gasteiger partial charge >= 0.3 is 0 Å².